The minimum Gasteiger partial charge on any atom is -0.380 e. The summed E-state index contributed by atoms with van der Waals surface area (Å²) in [6, 6.07) is 8.42. The number of ether oxygens (including phenoxy) is 2. The lowest BCUT2D eigenvalue weighted by molar-refractivity contribution is 0.0230. The SMILES string of the molecule is COCc1cccc(CNCC(C)(C)OC)c1. The van der Waals surface area contributed by atoms with Gasteiger partial charge in [0.25, 0.3) is 0 Å². The molecule has 3 nitrogen and oxygen atoms in total. The summed E-state index contributed by atoms with van der Waals surface area (Å²) < 4.78 is 10.5. The third-order valence-corrected chi connectivity index (χ3v) is 2.73. The van der Waals surface area contributed by atoms with Gasteiger partial charge < -0.3 is 14.8 Å². The molecule has 0 radical (unpaired) electrons. The van der Waals surface area contributed by atoms with E-state index in [1.807, 2.05) is 0 Å². The molecule has 0 unspecified atom stereocenters. The zero-order chi connectivity index (χ0) is 12.7. The Kier molecular flexibility index (Phi) is 5.62. The second kappa shape index (κ2) is 6.74. The van der Waals surface area contributed by atoms with E-state index in [9.17, 15) is 0 Å². The molecule has 17 heavy (non-hydrogen) atoms. The van der Waals surface area contributed by atoms with Gasteiger partial charge in [0.2, 0.25) is 0 Å². The van der Waals surface area contributed by atoms with E-state index in [2.05, 4.69) is 43.4 Å². The molecule has 0 spiro atoms. The molecule has 0 bridgehead atoms. The summed E-state index contributed by atoms with van der Waals surface area (Å²) in [6.07, 6.45) is 0. The zero-order valence-corrected chi connectivity index (χ0v) is 11.2. The van der Waals surface area contributed by atoms with Gasteiger partial charge in [0.05, 0.1) is 12.2 Å². The van der Waals surface area contributed by atoms with Crippen LogP contribution in [-0.4, -0.2) is 26.4 Å². The predicted molar refractivity (Wildman–Crippen MR) is 69.9 cm³/mol. The van der Waals surface area contributed by atoms with Gasteiger partial charge in [-0.05, 0) is 25.0 Å². The Hall–Kier alpha value is -0.900. The molecule has 1 aromatic carbocycles. The first-order valence-electron chi connectivity index (χ1n) is 5.90. The maximum absolute atomic E-state index is 5.36. The van der Waals surface area contributed by atoms with Crippen molar-refractivity contribution < 1.29 is 9.47 Å². The number of hydrogen-bond donors (Lipinski definition) is 1. The van der Waals surface area contributed by atoms with Crippen molar-refractivity contribution in [2.24, 2.45) is 0 Å². The molecule has 1 rings (SSSR count). The molecular formula is C14H23NO2. The second-order valence-corrected chi connectivity index (χ2v) is 4.82. The van der Waals surface area contributed by atoms with E-state index in [0.717, 1.165) is 13.1 Å². The van der Waals surface area contributed by atoms with Gasteiger partial charge in [-0.15, -0.1) is 0 Å². The van der Waals surface area contributed by atoms with Gasteiger partial charge >= 0.3 is 0 Å². The first-order chi connectivity index (χ1) is 8.07. The van der Waals surface area contributed by atoms with Crippen LogP contribution in [0.1, 0.15) is 25.0 Å². The van der Waals surface area contributed by atoms with E-state index < -0.39 is 0 Å². The largest absolute Gasteiger partial charge is 0.380 e. The predicted octanol–water partition coefficient (Wildman–Crippen LogP) is 2.35. The standard InChI is InChI=1S/C14H23NO2/c1-14(2,17-4)11-15-9-12-6-5-7-13(8-12)10-16-3/h5-8,15H,9-11H2,1-4H3. The van der Waals surface area contributed by atoms with E-state index in [4.69, 9.17) is 9.47 Å². The topological polar surface area (TPSA) is 30.5 Å². The normalized spacial score (nSPS) is 11.8. The second-order valence-electron chi connectivity index (χ2n) is 4.82. The molecule has 0 amide bonds. The zero-order valence-electron chi connectivity index (χ0n) is 11.2. The molecule has 0 fully saturated rings. The summed E-state index contributed by atoms with van der Waals surface area (Å²) in [6.45, 7) is 6.49. The third-order valence-electron chi connectivity index (χ3n) is 2.73. The highest BCUT2D eigenvalue weighted by Crippen LogP contribution is 2.08. The van der Waals surface area contributed by atoms with Gasteiger partial charge in [-0.2, -0.15) is 0 Å². The molecule has 96 valence electrons. The fourth-order valence-corrected chi connectivity index (χ4v) is 1.58. The van der Waals surface area contributed by atoms with E-state index in [1.54, 1.807) is 14.2 Å². The van der Waals surface area contributed by atoms with Crippen molar-refractivity contribution in [1.29, 1.82) is 0 Å². The van der Waals surface area contributed by atoms with Crippen molar-refractivity contribution in [2.45, 2.75) is 32.6 Å². The number of benzene rings is 1. The lowest BCUT2D eigenvalue weighted by Gasteiger charge is -2.23. The van der Waals surface area contributed by atoms with Crippen molar-refractivity contribution in [1.82, 2.24) is 5.32 Å². The molecule has 0 aliphatic heterocycles. The Morgan fingerprint density at radius 2 is 1.88 bits per heavy atom. The Bertz CT molecular complexity index is 337. The van der Waals surface area contributed by atoms with Gasteiger partial charge in [-0.3, -0.25) is 0 Å². The van der Waals surface area contributed by atoms with Crippen LogP contribution in [0.2, 0.25) is 0 Å². The van der Waals surface area contributed by atoms with Crippen LogP contribution in [0.5, 0.6) is 0 Å². The van der Waals surface area contributed by atoms with Crippen molar-refractivity contribution in [3.05, 3.63) is 35.4 Å². The number of hydrogen-bond acceptors (Lipinski definition) is 3. The minimum absolute atomic E-state index is 0.121. The first-order valence-corrected chi connectivity index (χ1v) is 5.90. The Morgan fingerprint density at radius 1 is 1.18 bits per heavy atom. The quantitative estimate of drug-likeness (QED) is 0.789. The van der Waals surface area contributed by atoms with Crippen LogP contribution in [0, 0.1) is 0 Å². The maximum Gasteiger partial charge on any atom is 0.0746 e. The molecule has 0 aliphatic carbocycles. The van der Waals surface area contributed by atoms with Crippen LogP contribution in [0.25, 0.3) is 0 Å². The Labute approximate surface area is 104 Å². The molecule has 0 aliphatic rings. The van der Waals surface area contributed by atoms with Crippen molar-refractivity contribution in [2.75, 3.05) is 20.8 Å². The molecular weight excluding hydrogens is 214 g/mol. The number of methoxy groups -OCH3 is 2. The van der Waals surface area contributed by atoms with Crippen molar-refractivity contribution in [3.63, 3.8) is 0 Å². The monoisotopic (exact) mass is 237 g/mol. The third kappa shape index (κ3) is 5.31. The van der Waals surface area contributed by atoms with Crippen LogP contribution in [-0.2, 0) is 22.6 Å². The van der Waals surface area contributed by atoms with Gasteiger partial charge in [0.15, 0.2) is 0 Å². The molecule has 0 saturated carbocycles. The van der Waals surface area contributed by atoms with E-state index in [-0.39, 0.29) is 5.60 Å². The maximum atomic E-state index is 5.36. The van der Waals surface area contributed by atoms with Crippen molar-refractivity contribution >= 4 is 0 Å². The van der Waals surface area contributed by atoms with Gasteiger partial charge in [-0.1, -0.05) is 24.3 Å². The average molecular weight is 237 g/mol. The summed E-state index contributed by atoms with van der Waals surface area (Å²) in [5.41, 5.74) is 2.36. The Balaban J connectivity index is 2.44. The number of nitrogens with one attached hydrogen (secondary N) is 1. The Morgan fingerprint density at radius 3 is 2.53 bits per heavy atom. The van der Waals surface area contributed by atoms with E-state index in [1.165, 1.54) is 11.1 Å². The van der Waals surface area contributed by atoms with Crippen LogP contribution in [0.4, 0.5) is 0 Å². The molecule has 0 heterocycles. The van der Waals surface area contributed by atoms with Crippen molar-refractivity contribution in [3.8, 4) is 0 Å². The van der Waals surface area contributed by atoms with Crippen LogP contribution >= 0.6 is 0 Å². The molecule has 0 aromatic heterocycles. The van der Waals surface area contributed by atoms with Crippen LogP contribution in [0.15, 0.2) is 24.3 Å². The summed E-state index contributed by atoms with van der Waals surface area (Å²) in [5, 5.41) is 3.40. The van der Waals surface area contributed by atoms with Crippen LogP contribution in [0.3, 0.4) is 0 Å². The molecule has 3 heteroatoms. The molecule has 0 atom stereocenters. The lowest BCUT2D eigenvalue weighted by atomic mass is 10.1. The van der Waals surface area contributed by atoms with Gasteiger partial charge in [0.1, 0.15) is 0 Å². The van der Waals surface area contributed by atoms with Gasteiger partial charge in [-0.25, -0.2) is 0 Å². The highest BCUT2D eigenvalue weighted by Gasteiger charge is 2.14. The average Bonchev–Trinajstić information content (AvgIpc) is 2.30. The molecule has 1 aromatic rings. The first kappa shape index (κ1) is 14.2. The fourth-order valence-electron chi connectivity index (χ4n) is 1.58. The molecule has 1 N–H and O–H groups in total. The minimum atomic E-state index is -0.121. The highest BCUT2D eigenvalue weighted by molar-refractivity contribution is 5.22. The van der Waals surface area contributed by atoms with E-state index >= 15 is 0 Å². The summed E-state index contributed by atoms with van der Waals surface area (Å²) in [5.74, 6) is 0. The summed E-state index contributed by atoms with van der Waals surface area (Å²) >= 11 is 0. The van der Waals surface area contributed by atoms with Crippen LogP contribution < -0.4 is 5.32 Å². The lowest BCUT2D eigenvalue weighted by Crippen LogP contribution is -2.36. The molecule has 0 saturated heterocycles. The van der Waals surface area contributed by atoms with E-state index in [0.29, 0.717) is 6.61 Å². The van der Waals surface area contributed by atoms with Gasteiger partial charge in [0, 0.05) is 27.3 Å². The smallest absolute Gasteiger partial charge is 0.0746 e. The summed E-state index contributed by atoms with van der Waals surface area (Å²) in [4.78, 5) is 0. The number of rotatable bonds is 7. The highest BCUT2D eigenvalue weighted by atomic mass is 16.5. The summed E-state index contributed by atoms with van der Waals surface area (Å²) in [7, 11) is 3.45. The fraction of sp³-hybridized carbons (Fsp3) is 0.571.